The molecular weight excluding hydrogens is 417 g/mol. The van der Waals surface area contributed by atoms with E-state index in [2.05, 4.69) is 53.2 Å². The second-order valence-electron chi connectivity index (χ2n) is 6.38. The third kappa shape index (κ3) is 7.83. The number of aliphatic imine (C=N–C) groups is 1. The summed E-state index contributed by atoms with van der Waals surface area (Å²) >= 11 is 0. The van der Waals surface area contributed by atoms with Crippen molar-refractivity contribution in [1.82, 2.24) is 20.5 Å². The van der Waals surface area contributed by atoms with Gasteiger partial charge < -0.3 is 15.1 Å². The molecule has 1 heterocycles. The van der Waals surface area contributed by atoms with Crippen LogP contribution < -0.4 is 10.6 Å². The SMILES string of the molecule is CN=C(NCCCN(C(C)C)C(C)C)NCc1nc(C)c(C)o1.I. The number of nitrogens with zero attached hydrogens (tertiary/aromatic N) is 3. The molecule has 0 aliphatic rings. The standard InChI is InChI=1S/C17H33N5O.HI/c1-12(2)22(13(3)4)10-8-9-19-17(18-7)20-11-16-21-14(5)15(6)23-16;/h12-13H,8-11H2,1-7H3,(H2,18,19,20);1H. The van der Waals surface area contributed by atoms with Crippen LogP contribution in [0.1, 0.15) is 51.5 Å². The van der Waals surface area contributed by atoms with Crippen molar-refractivity contribution < 1.29 is 4.42 Å². The summed E-state index contributed by atoms with van der Waals surface area (Å²) in [5.74, 6) is 2.33. The number of rotatable bonds is 8. The third-order valence-corrected chi connectivity index (χ3v) is 3.92. The van der Waals surface area contributed by atoms with Gasteiger partial charge in [-0.05, 0) is 48.0 Å². The molecule has 7 heteroatoms. The summed E-state index contributed by atoms with van der Waals surface area (Å²) in [6, 6.07) is 1.15. The number of oxazole rings is 1. The Balaban J connectivity index is 0.00000529. The van der Waals surface area contributed by atoms with E-state index < -0.39 is 0 Å². The van der Waals surface area contributed by atoms with E-state index in [1.807, 2.05) is 13.8 Å². The molecule has 0 atom stereocenters. The van der Waals surface area contributed by atoms with Crippen molar-refractivity contribution in [2.45, 2.75) is 66.6 Å². The molecule has 0 unspecified atom stereocenters. The van der Waals surface area contributed by atoms with Gasteiger partial charge in [-0.2, -0.15) is 0 Å². The first-order valence-corrected chi connectivity index (χ1v) is 8.48. The molecule has 0 bridgehead atoms. The van der Waals surface area contributed by atoms with Gasteiger partial charge in [0.2, 0.25) is 5.89 Å². The zero-order chi connectivity index (χ0) is 17.4. The fraction of sp³-hybridized carbons (Fsp3) is 0.765. The van der Waals surface area contributed by atoms with Crippen LogP contribution in [0.2, 0.25) is 0 Å². The highest BCUT2D eigenvalue weighted by molar-refractivity contribution is 14.0. The summed E-state index contributed by atoms with van der Waals surface area (Å²) < 4.78 is 5.56. The molecule has 0 aliphatic heterocycles. The molecule has 1 aromatic rings. The molecule has 0 spiro atoms. The Labute approximate surface area is 163 Å². The maximum Gasteiger partial charge on any atom is 0.214 e. The Morgan fingerprint density at radius 2 is 1.79 bits per heavy atom. The topological polar surface area (TPSA) is 65.7 Å². The normalized spacial score (nSPS) is 12.0. The molecule has 140 valence electrons. The predicted molar refractivity (Wildman–Crippen MR) is 111 cm³/mol. The Morgan fingerprint density at radius 1 is 1.17 bits per heavy atom. The van der Waals surface area contributed by atoms with Crippen LogP contribution in [0.3, 0.4) is 0 Å². The van der Waals surface area contributed by atoms with Crippen LogP contribution in [0.4, 0.5) is 0 Å². The molecule has 0 aromatic carbocycles. The minimum Gasteiger partial charge on any atom is -0.444 e. The predicted octanol–water partition coefficient (Wildman–Crippen LogP) is 3.08. The molecule has 0 saturated heterocycles. The highest BCUT2D eigenvalue weighted by Crippen LogP contribution is 2.07. The molecule has 0 fully saturated rings. The van der Waals surface area contributed by atoms with Crippen LogP contribution in [0, 0.1) is 13.8 Å². The van der Waals surface area contributed by atoms with Crippen molar-refractivity contribution in [2.24, 2.45) is 4.99 Å². The van der Waals surface area contributed by atoms with E-state index in [0.29, 0.717) is 24.5 Å². The quantitative estimate of drug-likeness (QED) is 0.275. The number of aryl methyl sites for hydroxylation is 2. The highest BCUT2D eigenvalue weighted by atomic mass is 127. The second kappa shape index (κ2) is 11.7. The zero-order valence-corrected chi connectivity index (χ0v) is 18.5. The minimum absolute atomic E-state index is 0. The Bertz CT molecular complexity index is 472. The van der Waals surface area contributed by atoms with Gasteiger partial charge in [0, 0.05) is 32.2 Å². The smallest absolute Gasteiger partial charge is 0.214 e. The number of hydrogen-bond donors (Lipinski definition) is 2. The molecule has 24 heavy (non-hydrogen) atoms. The van der Waals surface area contributed by atoms with E-state index in [1.165, 1.54) is 0 Å². The van der Waals surface area contributed by atoms with Gasteiger partial charge in [-0.15, -0.1) is 24.0 Å². The average molecular weight is 451 g/mol. The van der Waals surface area contributed by atoms with E-state index in [1.54, 1.807) is 7.05 Å². The molecule has 0 aliphatic carbocycles. The highest BCUT2D eigenvalue weighted by Gasteiger charge is 2.12. The maximum absolute atomic E-state index is 5.56. The third-order valence-electron chi connectivity index (χ3n) is 3.92. The van der Waals surface area contributed by atoms with Gasteiger partial charge in [0.05, 0.1) is 12.2 Å². The lowest BCUT2D eigenvalue weighted by atomic mass is 10.2. The first kappa shape index (κ1) is 23.2. The summed E-state index contributed by atoms with van der Waals surface area (Å²) in [5, 5.41) is 6.57. The summed E-state index contributed by atoms with van der Waals surface area (Å²) in [5.41, 5.74) is 0.937. The second-order valence-corrected chi connectivity index (χ2v) is 6.38. The lowest BCUT2D eigenvalue weighted by molar-refractivity contribution is 0.173. The number of aromatic nitrogens is 1. The maximum atomic E-state index is 5.56. The van der Waals surface area contributed by atoms with E-state index in [-0.39, 0.29) is 24.0 Å². The van der Waals surface area contributed by atoms with Gasteiger partial charge in [-0.1, -0.05) is 0 Å². The van der Waals surface area contributed by atoms with Crippen molar-refractivity contribution in [2.75, 3.05) is 20.1 Å². The number of nitrogens with one attached hydrogen (secondary N) is 2. The van der Waals surface area contributed by atoms with Crippen molar-refractivity contribution in [1.29, 1.82) is 0 Å². The van der Waals surface area contributed by atoms with Gasteiger partial charge in [-0.3, -0.25) is 9.89 Å². The minimum atomic E-state index is 0. The fourth-order valence-electron chi connectivity index (χ4n) is 2.58. The zero-order valence-electron chi connectivity index (χ0n) is 16.1. The molecule has 2 N–H and O–H groups in total. The van der Waals surface area contributed by atoms with Crippen LogP contribution in [-0.2, 0) is 6.54 Å². The van der Waals surface area contributed by atoms with E-state index in [9.17, 15) is 0 Å². The Hall–Kier alpha value is -0.830. The molecule has 6 nitrogen and oxygen atoms in total. The van der Waals surface area contributed by atoms with E-state index in [4.69, 9.17) is 4.42 Å². The Kier molecular flexibility index (Phi) is 11.3. The monoisotopic (exact) mass is 451 g/mol. The van der Waals surface area contributed by atoms with E-state index in [0.717, 1.165) is 36.9 Å². The van der Waals surface area contributed by atoms with Crippen LogP contribution in [-0.4, -0.2) is 48.1 Å². The van der Waals surface area contributed by atoms with Crippen molar-refractivity contribution in [3.05, 3.63) is 17.3 Å². The van der Waals surface area contributed by atoms with Gasteiger partial charge >= 0.3 is 0 Å². The molecule has 0 radical (unpaired) electrons. The Morgan fingerprint density at radius 3 is 2.25 bits per heavy atom. The molecular formula is C17H34IN5O. The lowest BCUT2D eigenvalue weighted by Crippen LogP contribution is -2.41. The van der Waals surface area contributed by atoms with Crippen molar-refractivity contribution >= 4 is 29.9 Å². The van der Waals surface area contributed by atoms with Gasteiger partial charge in [0.25, 0.3) is 0 Å². The first-order chi connectivity index (χ1) is 10.8. The van der Waals surface area contributed by atoms with Gasteiger partial charge in [0.15, 0.2) is 5.96 Å². The molecule has 1 aromatic heterocycles. The first-order valence-electron chi connectivity index (χ1n) is 8.48. The number of halogens is 1. The van der Waals surface area contributed by atoms with Crippen LogP contribution in [0.15, 0.2) is 9.41 Å². The molecule has 0 saturated carbocycles. The van der Waals surface area contributed by atoms with Gasteiger partial charge in [0.1, 0.15) is 5.76 Å². The molecule has 0 amide bonds. The lowest BCUT2D eigenvalue weighted by Gasteiger charge is -2.30. The van der Waals surface area contributed by atoms with Crippen molar-refractivity contribution in [3.8, 4) is 0 Å². The van der Waals surface area contributed by atoms with Crippen molar-refractivity contribution in [3.63, 3.8) is 0 Å². The summed E-state index contributed by atoms with van der Waals surface area (Å²) in [6.07, 6.45) is 1.08. The van der Waals surface area contributed by atoms with Crippen LogP contribution >= 0.6 is 24.0 Å². The summed E-state index contributed by atoms with van der Waals surface area (Å²) in [4.78, 5) is 11.1. The molecule has 1 rings (SSSR count). The number of guanidine groups is 1. The average Bonchev–Trinajstić information content (AvgIpc) is 2.79. The summed E-state index contributed by atoms with van der Waals surface area (Å²) in [6.45, 7) is 15.4. The van der Waals surface area contributed by atoms with Crippen LogP contribution in [0.25, 0.3) is 0 Å². The fourth-order valence-corrected chi connectivity index (χ4v) is 2.58. The number of hydrogen-bond acceptors (Lipinski definition) is 4. The van der Waals surface area contributed by atoms with Crippen LogP contribution in [0.5, 0.6) is 0 Å². The largest absolute Gasteiger partial charge is 0.444 e. The summed E-state index contributed by atoms with van der Waals surface area (Å²) in [7, 11) is 1.77. The van der Waals surface area contributed by atoms with E-state index >= 15 is 0 Å². The van der Waals surface area contributed by atoms with Gasteiger partial charge in [-0.25, -0.2) is 4.98 Å².